The van der Waals surface area contributed by atoms with Gasteiger partial charge in [0.2, 0.25) is 0 Å². The summed E-state index contributed by atoms with van der Waals surface area (Å²) in [7, 11) is 0. The average Bonchev–Trinajstić information content (AvgIpc) is 2.15. The van der Waals surface area contributed by atoms with Gasteiger partial charge in [0.25, 0.3) is 0 Å². The zero-order chi connectivity index (χ0) is 11.9. The maximum Gasteiger partial charge on any atom is 0.419 e. The van der Waals surface area contributed by atoms with Gasteiger partial charge in [-0.05, 0) is 6.07 Å². The fraction of sp³-hybridized carbons (Fsp3) is 0.400. The molecule has 0 saturated carbocycles. The van der Waals surface area contributed by atoms with Crippen LogP contribution in [-0.2, 0) is 6.18 Å². The van der Waals surface area contributed by atoms with Crippen molar-refractivity contribution in [3.05, 3.63) is 29.1 Å². The molecule has 1 unspecified atom stereocenters. The van der Waals surface area contributed by atoms with Crippen molar-refractivity contribution >= 4 is 0 Å². The minimum Gasteiger partial charge on any atom is -0.493 e. The van der Waals surface area contributed by atoms with E-state index in [1.807, 2.05) is 0 Å². The minimum atomic E-state index is -4.71. The molecule has 0 radical (unpaired) electrons. The number of hydrogen-bond donors (Lipinski definition) is 1. The van der Waals surface area contributed by atoms with Crippen molar-refractivity contribution in [1.29, 1.82) is 0 Å². The van der Waals surface area contributed by atoms with Gasteiger partial charge < -0.3 is 10.5 Å². The fourth-order valence-corrected chi connectivity index (χ4v) is 1.66. The maximum absolute atomic E-state index is 13.2. The molecule has 1 aliphatic heterocycles. The van der Waals surface area contributed by atoms with Gasteiger partial charge in [-0.1, -0.05) is 0 Å². The Morgan fingerprint density at radius 3 is 2.62 bits per heavy atom. The summed E-state index contributed by atoms with van der Waals surface area (Å²) in [6.07, 6.45) is -4.29. The standard InChI is InChI=1S/C10H9F4NO/c11-7-4-9-5(8(15)1-2-16-9)3-6(7)10(12,13)14/h3-4,8H,1-2,15H2. The quantitative estimate of drug-likeness (QED) is 0.701. The van der Waals surface area contributed by atoms with E-state index in [0.717, 1.165) is 12.1 Å². The van der Waals surface area contributed by atoms with Crippen LogP contribution in [0.5, 0.6) is 5.75 Å². The third kappa shape index (κ3) is 1.84. The number of ether oxygens (including phenoxy) is 1. The van der Waals surface area contributed by atoms with Crippen LogP contribution in [0.4, 0.5) is 17.6 Å². The first-order chi connectivity index (χ1) is 7.39. The van der Waals surface area contributed by atoms with Crippen molar-refractivity contribution in [2.24, 2.45) is 5.73 Å². The first-order valence-electron chi connectivity index (χ1n) is 4.68. The zero-order valence-electron chi connectivity index (χ0n) is 8.14. The van der Waals surface area contributed by atoms with Crippen LogP contribution in [-0.4, -0.2) is 6.61 Å². The lowest BCUT2D eigenvalue weighted by molar-refractivity contribution is -0.140. The first-order valence-corrected chi connectivity index (χ1v) is 4.68. The van der Waals surface area contributed by atoms with Crippen molar-refractivity contribution < 1.29 is 22.3 Å². The molecule has 1 aromatic carbocycles. The first kappa shape index (κ1) is 11.2. The molecule has 0 amide bonds. The SMILES string of the molecule is NC1CCOc2cc(F)c(C(F)(F)F)cc21. The molecule has 16 heavy (non-hydrogen) atoms. The molecule has 2 nitrogen and oxygen atoms in total. The highest BCUT2D eigenvalue weighted by Gasteiger charge is 2.36. The van der Waals surface area contributed by atoms with Crippen LogP contribution in [0.3, 0.4) is 0 Å². The second kappa shape index (κ2) is 3.62. The van der Waals surface area contributed by atoms with Gasteiger partial charge >= 0.3 is 6.18 Å². The van der Waals surface area contributed by atoms with Crippen molar-refractivity contribution in [2.45, 2.75) is 18.6 Å². The van der Waals surface area contributed by atoms with Gasteiger partial charge in [0, 0.05) is 24.1 Å². The summed E-state index contributed by atoms with van der Waals surface area (Å²) in [4.78, 5) is 0. The predicted molar refractivity (Wildman–Crippen MR) is 48.4 cm³/mol. The van der Waals surface area contributed by atoms with Gasteiger partial charge in [-0.2, -0.15) is 13.2 Å². The Balaban J connectivity index is 2.54. The Kier molecular flexibility index (Phi) is 2.53. The van der Waals surface area contributed by atoms with E-state index < -0.39 is 23.6 Å². The Hall–Kier alpha value is -1.30. The number of benzene rings is 1. The molecule has 2 rings (SSSR count). The second-order valence-electron chi connectivity index (χ2n) is 3.61. The van der Waals surface area contributed by atoms with Crippen molar-refractivity contribution in [3.8, 4) is 5.75 Å². The summed E-state index contributed by atoms with van der Waals surface area (Å²) in [6.45, 7) is 0.291. The Labute approximate surface area is 89.0 Å². The summed E-state index contributed by atoms with van der Waals surface area (Å²) in [5.41, 5.74) is 4.55. The van der Waals surface area contributed by atoms with Crippen LogP contribution in [0.25, 0.3) is 0 Å². The van der Waals surface area contributed by atoms with Crippen LogP contribution in [0.1, 0.15) is 23.6 Å². The highest BCUT2D eigenvalue weighted by atomic mass is 19.4. The molecule has 0 aromatic heterocycles. The molecular weight excluding hydrogens is 226 g/mol. The topological polar surface area (TPSA) is 35.2 Å². The fourth-order valence-electron chi connectivity index (χ4n) is 1.66. The lowest BCUT2D eigenvalue weighted by Gasteiger charge is -2.24. The molecule has 88 valence electrons. The summed E-state index contributed by atoms with van der Waals surface area (Å²) in [6, 6.07) is 0.941. The average molecular weight is 235 g/mol. The molecule has 0 bridgehead atoms. The third-order valence-corrected chi connectivity index (χ3v) is 2.49. The highest BCUT2D eigenvalue weighted by Crippen LogP contribution is 2.38. The van der Waals surface area contributed by atoms with Gasteiger partial charge in [0.1, 0.15) is 11.6 Å². The minimum absolute atomic E-state index is 0.101. The Morgan fingerprint density at radius 2 is 2.00 bits per heavy atom. The van der Waals surface area contributed by atoms with Gasteiger partial charge in [-0.3, -0.25) is 0 Å². The number of alkyl halides is 3. The van der Waals surface area contributed by atoms with Crippen LogP contribution >= 0.6 is 0 Å². The summed E-state index contributed by atoms with van der Waals surface area (Å²) in [5.74, 6) is -1.23. The molecule has 0 aliphatic carbocycles. The maximum atomic E-state index is 13.2. The molecule has 2 N–H and O–H groups in total. The molecular formula is C10H9F4NO. The molecule has 0 saturated heterocycles. The molecule has 6 heteroatoms. The molecule has 1 aliphatic rings. The molecule has 0 spiro atoms. The van der Waals surface area contributed by atoms with E-state index in [2.05, 4.69) is 0 Å². The van der Waals surface area contributed by atoms with Gasteiger partial charge in [-0.15, -0.1) is 0 Å². The smallest absolute Gasteiger partial charge is 0.419 e. The van der Waals surface area contributed by atoms with E-state index in [9.17, 15) is 17.6 Å². The second-order valence-corrected chi connectivity index (χ2v) is 3.61. The largest absolute Gasteiger partial charge is 0.493 e. The van der Waals surface area contributed by atoms with E-state index >= 15 is 0 Å². The number of halogens is 4. The van der Waals surface area contributed by atoms with Gasteiger partial charge in [-0.25, -0.2) is 4.39 Å². The number of hydrogen-bond acceptors (Lipinski definition) is 2. The lowest BCUT2D eigenvalue weighted by Crippen LogP contribution is -2.22. The van der Waals surface area contributed by atoms with Crippen molar-refractivity contribution in [2.75, 3.05) is 6.61 Å². The Morgan fingerprint density at radius 1 is 1.31 bits per heavy atom. The van der Waals surface area contributed by atoms with E-state index in [0.29, 0.717) is 13.0 Å². The molecule has 0 fully saturated rings. The predicted octanol–water partition coefficient (Wildman–Crippen LogP) is 2.63. The summed E-state index contributed by atoms with van der Waals surface area (Å²) >= 11 is 0. The molecule has 1 aromatic rings. The van der Waals surface area contributed by atoms with Crippen LogP contribution < -0.4 is 10.5 Å². The number of rotatable bonds is 0. The van der Waals surface area contributed by atoms with E-state index in [1.54, 1.807) is 0 Å². The Bertz CT molecular complexity index is 416. The third-order valence-electron chi connectivity index (χ3n) is 2.49. The van der Waals surface area contributed by atoms with E-state index in [4.69, 9.17) is 10.5 Å². The summed E-state index contributed by atoms with van der Waals surface area (Å²) in [5, 5.41) is 0. The normalized spacial score (nSPS) is 20.2. The lowest BCUT2D eigenvalue weighted by atomic mass is 9.98. The monoisotopic (exact) mass is 235 g/mol. The van der Waals surface area contributed by atoms with Crippen LogP contribution in [0, 0.1) is 5.82 Å². The van der Waals surface area contributed by atoms with E-state index in [-0.39, 0.29) is 11.3 Å². The van der Waals surface area contributed by atoms with Gasteiger partial charge in [0.05, 0.1) is 12.2 Å². The van der Waals surface area contributed by atoms with Crippen molar-refractivity contribution in [3.63, 3.8) is 0 Å². The molecule has 1 heterocycles. The number of nitrogens with two attached hydrogens (primary N) is 1. The molecule has 1 atom stereocenters. The van der Waals surface area contributed by atoms with Crippen LogP contribution in [0.15, 0.2) is 12.1 Å². The van der Waals surface area contributed by atoms with Crippen molar-refractivity contribution in [1.82, 2.24) is 0 Å². The van der Waals surface area contributed by atoms with Crippen LogP contribution in [0.2, 0.25) is 0 Å². The highest BCUT2D eigenvalue weighted by molar-refractivity contribution is 5.42. The summed E-state index contributed by atoms with van der Waals surface area (Å²) < 4.78 is 55.5. The van der Waals surface area contributed by atoms with E-state index in [1.165, 1.54) is 0 Å². The van der Waals surface area contributed by atoms with Gasteiger partial charge in [0.15, 0.2) is 0 Å². The number of fused-ring (bicyclic) bond motifs is 1. The zero-order valence-corrected chi connectivity index (χ0v) is 8.14.